The van der Waals surface area contributed by atoms with E-state index in [9.17, 15) is 19.8 Å². The number of hydrogen-bond acceptors (Lipinski definition) is 4. The van der Waals surface area contributed by atoms with E-state index in [2.05, 4.69) is 33.0 Å². The minimum absolute atomic E-state index is 0.0126. The van der Waals surface area contributed by atoms with Gasteiger partial charge in [0.15, 0.2) is 5.78 Å². The van der Waals surface area contributed by atoms with E-state index in [0.717, 1.165) is 25.7 Å². The number of phenolic OH excluding ortho intramolecular Hbond substituents is 2. The van der Waals surface area contributed by atoms with Crippen molar-refractivity contribution < 1.29 is 19.8 Å². The van der Waals surface area contributed by atoms with Crippen molar-refractivity contribution in [3.05, 3.63) is 23.8 Å². The standard InChI is InChI=1S/C24H35NO4/c1-14-17(13-25-15(2)26)11-20-23(3,4)7-6-8-24(20,5)21(14)22(29)16-9-18(27)12-19(28)10-16/h9-10,12,14,17,20-21,27-28H,6-8,11,13H2,1-5H3,(H,25,26)/t14-,17-,20?,21-,24+/m1/s1. The summed E-state index contributed by atoms with van der Waals surface area (Å²) in [6.07, 6.45) is 4.24. The summed E-state index contributed by atoms with van der Waals surface area (Å²) in [5, 5.41) is 22.8. The van der Waals surface area contributed by atoms with Crippen molar-refractivity contribution in [3.63, 3.8) is 0 Å². The molecule has 2 aliphatic rings. The summed E-state index contributed by atoms with van der Waals surface area (Å²) in [5.74, 6) is 0.202. The van der Waals surface area contributed by atoms with Crippen molar-refractivity contribution in [3.8, 4) is 11.5 Å². The van der Waals surface area contributed by atoms with E-state index in [-0.39, 0.29) is 51.8 Å². The van der Waals surface area contributed by atoms with Crippen LogP contribution in [0.5, 0.6) is 11.5 Å². The molecule has 160 valence electrons. The first-order valence-electron chi connectivity index (χ1n) is 10.8. The van der Waals surface area contributed by atoms with Gasteiger partial charge >= 0.3 is 0 Å². The monoisotopic (exact) mass is 401 g/mol. The third kappa shape index (κ3) is 4.01. The van der Waals surface area contributed by atoms with Crippen LogP contribution in [-0.2, 0) is 4.79 Å². The van der Waals surface area contributed by atoms with Gasteiger partial charge in [0.1, 0.15) is 11.5 Å². The normalized spacial score (nSPS) is 33.6. The van der Waals surface area contributed by atoms with Gasteiger partial charge in [-0.25, -0.2) is 0 Å². The molecule has 1 amide bonds. The third-order valence-corrected chi connectivity index (χ3v) is 7.88. The van der Waals surface area contributed by atoms with E-state index in [1.165, 1.54) is 25.1 Å². The number of amides is 1. The van der Waals surface area contributed by atoms with Crippen molar-refractivity contribution in [2.75, 3.05) is 6.54 Å². The molecule has 5 nitrogen and oxygen atoms in total. The zero-order valence-electron chi connectivity index (χ0n) is 18.3. The molecule has 0 aliphatic heterocycles. The summed E-state index contributed by atoms with van der Waals surface area (Å²) in [4.78, 5) is 25.3. The number of ketones is 1. The first-order chi connectivity index (χ1) is 13.5. The zero-order valence-corrected chi connectivity index (χ0v) is 18.3. The lowest BCUT2D eigenvalue weighted by atomic mass is 9.44. The summed E-state index contributed by atoms with van der Waals surface area (Å²) in [6, 6.07) is 4.16. The molecule has 2 fully saturated rings. The SMILES string of the molecule is CC(=O)NC[C@H]1CC2C(C)(C)CCC[C@]2(C)[C@@H](C(=O)c2cc(O)cc(O)c2)[C@@H]1C. The summed E-state index contributed by atoms with van der Waals surface area (Å²) < 4.78 is 0. The molecule has 2 aliphatic carbocycles. The molecule has 1 unspecified atom stereocenters. The smallest absolute Gasteiger partial charge is 0.216 e. The van der Waals surface area contributed by atoms with E-state index in [1.807, 2.05) is 0 Å². The largest absolute Gasteiger partial charge is 0.508 e. The molecular formula is C24H35NO4. The quantitative estimate of drug-likeness (QED) is 0.647. The molecule has 5 heteroatoms. The second-order valence-corrected chi connectivity index (χ2v) is 10.3. The number of carbonyl (C=O) groups is 2. The highest BCUT2D eigenvalue weighted by Crippen LogP contribution is 2.62. The van der Waals surface area contributed by atoms with E-state index in [0.29, 0.717) is 18.0 Å². The number of Topliss-reactive ketones (excluding diaryl/α,β-unsaturated/α-hetero) is 1. The van der Waals surface area contributed by atoms with Crippen LogP contribution in [0.4, 0.5) is 0 Å². The van der Waals surface area contributed by atoms with Crippen molar-refractivity contribution >= 4 is 11.7 Å². The van der Waals surface area contributed by atoms with Crippen LogP contribution in [-0.4, -0.2) is 28.4 Å². The Morgan fingerprint density at radius 3 is 2.31 bits per heavy atom. The Balaban J connectivity index is 2.04. The van der Waals surface area contributed by atoms with E-state index in [1.54, 1.807) is 0 Å². The number of benzene rings is 1. The van der Waals surface area contributed by atoms with Crippen LogP contribution < -0.4 is 5.32 Å². The van der Waals surface area contributed by atoms with Crippen LogP contribution in [0.3, 0.4) is 0 Å². The fourth-order valence-electron chi connectivity index (χ4n) is 6.52. The summed E-state index contributed by atoms with van der Waals surface area (Å²) in [5.41, 5.74) is 0.343. The molecule has 3 rings (SSSR count). The molecule has 3 N–H and O–H groups in total. The molecule has 0 spiro atoms. The molecule has 0 saturated heterocycles. The maximum atomic E-state index is 13.8. The second-order valence-electron chi connectivity index (χ2n) is 10.3. The van der Waals surface area contributed by atoms with Gasteiger partial charge in [-0.1, -0.05) is 34.1 Å². The second kappa shape index (κ2) is 7.66. The van der Waals surface area contributed by atoms with Gasteiger partial charge in [-0.05, 0) is 60.0 Å². The molecule has 5 atom stereocenters. The molecule has 1 aromatic carbocycles. The molecule has 0 bridgehead atoms. The van der Waals surface area contributed by atoms with Gasteiger partial charge in [-0.3, -0.25) is 9.59 Å². The molecule has 0 radical (unpaired) electrons. The van der Waals surface area contributed by atoms with Crippen LogP contribution >= 0.6 is 0 Å². The number of carbonyl (C=O) groups excluding carboxylic acids is 2. The Kier molecular flexibility index (Phi) is 5.72. The van der Waals surface area contributed by atoms with Crippen LogP contribution in [0.15, 0.2) is 18.2 Å². The molecular weight excluding hydrogens is 366 g/mol. The summed E-state index contributed by atoms with van der Waals surface area (Å²) >= 11 is 0. The third-order valence-electron chi connectivity index (χ3n) is 7.88. The van der Waals surface area contributed by atoms with Crippen molar-refractivity contribution in [1.82, 2.24) is 5.32 Å². The Morgan fingerprint density at radius 1 is 1.10 bits per heavy atom. The number of aromatic hydroxyl groups is 2. The molecule has 0 heterocycles. The summed E-state index contributed by atoms with van der Waals surface area (Å²) in [6.45, 7) is 11.1. The highest BCUT2D eigenvalue weighted by atomic mass is 16.3. The lowest BCUT2D eigenvalue weighted by molar-refractivity contribution is -0.121. The van der Waals surface area contributed by atoms with E-state index in [4.69, 9.17) is 0 Å². The molecule has 29 heavy (non-hydrogen) atoms. The van der Waals surface area contributed by atoms with E-state index < -0.39 is 0 Å². The summed E-state index contributed by atoms with van der Waals surface area (Å²) in [7, 11) is 0. The highest BCUT2D eigenvalue weighted by molar-refractivity contribution is 5.99. The Bertz CT molecular complexity index is 782. The van der Waals surface area contributed by atoms with Gasteiger partial charge in [0.25, 0.3) is 0 Å². The number of rotatable bonds is 4. The number of hydrogen-bond donors (Lipinski definition) is 3. The lowest BCUT2D eigenvalue weighted by Crippen LogP contribution is -2.57. The van der Waals surface area contributed by atoms with Gasteiger partial charge in [0.05, 0.1) is 0 Å². The average molecular weight is 402 g/mol. The maximum absolute atomic E-state index is 13.8. The highest BCUT2D eigenvalue weighted by Gasteiger charge is 2.58. The Hall–Kier alpha value is -2.04. The lowest BCUT2D eigenvalue weighted by Gasteiger charge is -2.60. The first kappa shape index (κ1) is 21.7. The van der Waals surface area contributed by atoms with Crippen LogP contribution in [0.25, 0.3) is 0 Å². The first-order valence-corrected chi connectivity index (χ1v) is 10.8. The fraction of sp³-hybridized carbons (Fsp3) is 0.667. The van der Waals surface area contributed by atoms with Crippen LogP contribution in [0, 0.1) is 34.5 Å². The Morgan fingerprint density at radius 2 is 1.72 bits per heavy atom. The molecule has 0 aromatic heterocycles. The predicted molar refractivity (Wildman–Crippen MR) is 113 cm³/mol. The van der Waals surface area contributed by atoms with Gasteiger partial charge in [-0.15, -0.1) is 0 Å². The van der Waals surface area contributed by atoms with Gasteiger partial charge in [-0.2, -0.15) is 0 Å². The fourth-order valence-corrected chi connectivity index (χ4v) is 6.52. The van der Waals surface area contributed by atoms with Crippen LogP contribution in [0.1, 0.15) is 70.7 Å². The van der Waals surface area contributed by atoms with Crippen molar-refractivity contribution in [2.24, 2.45) is 34.5 Å². The van der Waals surface area contributed by atoms with Gasteiger partial charge < -0.3 is 15.5 Å². The van der Waals surface area contributed by atoms with Gasteiger partial charge in [0, 0.05) is 31.0 Å². The molecule has 1 aromatic rings. The minimum Gasteiger partial charge on any atom is -0.508 e. The van der Waals surface area contributed by atoms with Crippen molar-refractivity contribution in [2.45, 2.75) is 60.3 Å². The topological polar surface area (TPSA) is 86.6 Å². The Labute approximate surface area is 173 Å². The van der Waals surface area contributed by atoms with Gasteiger partial charge in [0.2, 0.25) is 5.91 Å². The number of phenols is 2. The zero-order chi connectivity index (χ0) is 21.6. The number of fused-ring (bicyclic) bond motifs is 1. The number of nitrogens with one attached hydrogen (secondary N) is 1. The van der Waals surface area contributed by atoms with E-state index >= 15 is 0 Å². The minimum atomic E-state index is -0.221. The van der Waals surface area contributed by atoms with Crippen molar-refractivity contribution in [1.29, 1.82) is 0 Å². The maximum Gasteiger partial charge on any atom is 0.216 e. The average Bonchev–Trinajstić information content (AvgIpc) is 2.58. The van der Waals surface area contributed by atoms with Crippen LogP contribution in [0.2, 0.25) is 0 Å². The predicted octanol–water partition coefficient (Wildman–Crippen LogP) is 4.52. The molecule has 2 saturated carbocycles.